The van der Waals surface area contributed by atoms with Crippen molar-refractivity contribution in [3.05, 3.63) is 71.8 Å². The van der Waals surface area contributed by atoms with Gasteiger partial charge in [0.25, 0.3) is 5.91 Å². The number of carbonyl (C=O) groups is 1. The molecule has 1 fully saturated rings. The Morgan fingerprint density at radius 3 is 2.66 bits per heavy atom. The number of thiazole rings is 1. The zero-order valence-corrected chi connectivity index (χ0v) is 22.4. The first kappa shape index (κ1) is 24.6. The smallest absolute Gasteiger partial charge is 0.256 e. The number of hydrogen-bond donors (Lipinski definition) is 0. The van der Waals surface area contributed by atoms with Gasteiger partial charge in [-0.15, -0.1) is 11.3 Å². The molecule has 0 N–H and O–H groups in total. The summed E-state index contributed by atoms with van der Waals surface area (Å²) in [7, 11) is 0. The molecule has 0 bridgehead atoms. The molecule has 7 heteroatoms. The average Bonchev–Trinajstić information content (AvgIpc) is 3.57. The van der Waals surface area contributed by atoms with Crippen LogP contribution in [-0.2, 0) is 0 Å². The van der Waals surface area contributed by atoms with Gasteiger partial charge in [-0.2, -0.15) is 0 Å². The molecule has 4 aromatic rings. The van der Waals surface area contributed by atoms with Crippen LogP contribution in [0.5, 0.6) is 11.5 Å². The molecule has 2 aliphatic heterocycles. The second-order valence-corrected chi connectivity index (χ2v) is 10.9. The summed E-state index contributed by atoms with van der Waals surface area (Å²) in [5, 5.41) is 1.03. The molecule has 0 saturated carbocycles. The number of aryl methyl sites for hydroxylation is 1. The van der Waals surface area contributed by atoms with Gasteiger partial charge in [0.05, 0.1) is 40.7 Å². The van der Waals surface area contributed by atoms with Gasteiger partial charge >= 0.3 is 0 Å². The first-order valence-corrected chi connectivity index (χ1v) is 14.2. The van der Waals surface area contributed by atoms with E-state index in [-0.39, 0.29) is 11.9 Å². The Kier molecular flexibility index (Phi) is 7.10. The number of hydrogen-bond acceptors (Lipinski definition) is 6. The third-order valence-electron chi connectivity index (χ3n) is 7.18. The molecule has 1 atom stereocenters. The van der Waals surface area contributed by atoms with Gasteiger partial charge in [0.15, 0.2) is 0 Å². The van der Waals surface area contributed by atoms with E-state index in [2.05, 4.69) is 23.2 Å². The SMILES string of the molecule is Cc1cc2c(cc1OCCCCCOc1ccc(-c3nc4ccccc4s3)cc1)N=C[C@@H]1CCCN1C2=O. The first-order valence-electron chi connectivity index (χ1n) is 13.4. The van der Waals surface area contributed by atoms with E-state index < -0.39 is 0 Å². The molecule has 0 unspecified atom stereocenters. The van der Waals surface area contributed by atoms with Crippen molar-refractivity contribution in [2.75, 3.05) is 19.8 Å². The number of nitrogens with zero attached hydrogens (tertiary/aromatic N) is 3. The molecule has 1 aromatic heterocycles. The molecule has 6 nitrogen and oxygen atoms in total. The Morgan fingerprint density at radius 2 is 1.82 bits per heavy atom. The summed E-state index contributed by atoms with van der Waals surface area (Å²) in [5.41, 5.74) is 4.52. The third kappa shape index (κ3) is 5.16. The van der Waals surface area contributed by atoms with Crippen LogP contribution in [-0.4, -0.2) is 47.8 Å². The second kappa shape index (κ2) is 11.0. The van der Waals surface area contributed by atoms with Crippen LogP contribution >= 0.6 is 11.3 Å². The molecule has 6 rings (SSSR count). The van der Waals surface area contributed by atoms with Crippen LogP contribution in [0.25, 0.3) is 20.8 Å². The molecule has 3 aromatic carbocycles. The summed E-state index contributed by atoms with van der Waals surface area (Å²) in [4.78, 5) is 24.2. The van der Waals surface area contributed by atoms with E-state index in [4.69, 9.17) is 14.5 Å². The lowest BCUT2D eigenvalue weighted by atomic mass is 10.1. The number of para-hydroxylation sites is 1. The highest BCUT2D eigenvalue weighted by Gasteiger charge is 2.32. The van der Waals surface area contributed by atoms with Crippen LogP contribution in [0.4, 0.5) is 5.69 Å². The number of aromatic nitrogens is 1. The molecule has 38 heavy (non-hydrogen) atoms. The summed E-state index contributed by atoms with van der Waals surface area (Å²) in [6.07, 6.45) is 6.87. The Labute approximate surface area is 226 Å². The van der Waals surface area contributed by atoms with Gasteiger partial charge in [0, 0.05) is 24.4 Å². The molecule has 0 spiro atoms. The topological polar surface area (TPSA) is 64.0 Å². The number of rotatable bonds is 9. The highest BCUT2D eigenvalue weighted by molar-refractivity contribution is 7.21. The van der Waals surface area contributed by atoms with Crippen LogP contribution in [0.3, 0.4) is 0 Å². The third-order valence-corrected chi connectivity index (χ3v) is 8.27. The minimum atomic E-state index is 0.0843. The maximum atomic E-state index is 13.0. The fraction of sp³-hybridized carbons (Fsp3) is 0.323. The van der Waals surface area contributed by atoms with Crippen LogP contribution < -0.4 is 9.47 Å². The first-order chi connectivity index (χ1) is 18.7. The van der Waals surface area contributed by atoms with E-state index in [0.29, 0.717) is 24.5 Å². The minimum Gasteiger partial charge on any atom is -0.494 e. The highest BCUT2D eigenvalue weighted by atomic mass is 32.1. The Bertz CT molecular complexity index is 1440. The van der Waals surface area contributed by atoms with Crippen molar-refractivity contribution in [2.24, 2.45) is 4.99 Å². The summed E-state index contributed by atoms with van der Waals surface area (Å²) >= 11 is 1.71. The number of carbonyl (C=O) groups excluding carboxylic acids is 1. The summed E-state index contributed by atoms with van der Waals surface area (Å²) in [6.45, 7) is 4.11. The Balaban J connectivity index is 0.948. The van der Waals surface area contributed by atoms with Crippen LogP contribution in [0.2, 0.25) is 0 Å². The van der Waals surface area contributed by atoms with Gasteiger partial charge < -0.3 is 14.4 Å². The average molecular weight is 526 g/mol. The molecule has 1 saturated heterocycles. The number of aliphatic imine (C=N–C) groups is 1. The normalized spacial score (nSPS) is 16.4. The van der Waals surface area contributed by atoms with Gasteiger partial charge in [-0.25, -0.2) is 4.98 Å². The monoisotopic (exact) mass is 525 g/mol. The van der Waals surface area contributed by atoms with E-state index in [0.717, 1.165) is 71.8 Å². The van der Waals surface area contributed by atoms with E-state index in [1.54, 1.807) is 11.3 Å². The zero-order chi connectivity index (χ0) is 25.9. The summed E-state index contributed by atoms with van der Waals surface area (Å²) in [6, 6.07) is 20.4. The molecule has 194 valence electrons. The minimum absolute atomic E-state index is 0.0843. The maximum Gasteiger partial charge on any atom is 0.256 e. The molecule has 0 radical (unpaired) electrons. The van der Waals surface area contributed by atoms with Gasteiger partial charge in [-0.1, -0.05) is 12.1 Å². The van der Waals surface area contributed by atoms with Crippen molar-refractivity contribution < 1.29 is 14.3 Å². The molecular formula is C31H31N3O3S. The van der Waals surface area contributed by atoms with E-state index in [1.165, 1.54) is 4.70 Å². The highest BCUT2D eigenvalue weighted by Crippen LogP contribution is 2.34. The lowest BCUT2D eigenvalue weighted by Gasteiger charge is -2.20. The zero-order valence-electron chi connectivity index (χ0n) is 21.6. The quantitative estimate of drug-likeness (QED) is 0.216. The Hall–Kier alpha value is -3.71. The number of unbranched alkanes of at least 4 members (excludes halogenated alkanes) is 2. The molecule has 3 heterocycles. The number of benzene rings is 3. The van der Waals surface area contributed by atoms with E-state index >= 15 is 0 Å². The van der Waals surface area contributed by atoms with Crippen molar-refractivity contribution in [1.82, 2.24) is 9.88 Å². The second-order valence-electron chi connectivity index (χ2n) is 9.89. The van der Waals surface area contributed by atoms with Crippen molar-refractivity contribution in [2.45, 2.75) is 45.1 Å². The lowest BCUT2D eigenvalue weighted by molar-refractivity contribution is 0.0774. The van der Waals surface area contributed by atoms with Gasteiger partial charge in [0.1, 0.15) is 16.5 Å². The van der Waals surface area contributed by atoms with Crippen molar-refractivity contribution >= 4 is 39.4 Å². The number of fused-ring (bicyclic) bond motifs is 3. The van der Waals surface area contributed by atoms with Crippen LogP contribution in [0.15, 0.2) is 65.7 Å². The predicted molar refractivity (Wildman–Crippen MR) is 153 cm³/mol. The van der Waals surface area contributed by atoms with Gasteiger partial charge in [-0.05, 0) is 87.1 Å². The fourth-order valence-corrected chi connectivity index (χ4v) is 6.05. The van der Waals surface area contributed by atoms with Gasteiger partial charge in [-0.3, -0.25) is 9.79 Å². The van der Waals surface area contributed by atoms with Crippen molar-refractivity contribution in [1.29, 1.82) is 0 Å². The number of ether oxygens (including phenoxy) is 2. The predicted octanol–water partition coefficient (Wildman–Crippen LogP) is 7.22. The molecular weight excluding hydrogens is 494 g/mol. The maximum absolute atomic E-state index is 13.0. The van der Waals surface area contributed by atoms with Crippen molar-refractivity contribution in [3.8, 4) is 22.1 Å². The molecule has 0 aliphatic carbocycles. The van der Waals surface area contributed by atoms with Crippen LogP contribution in [0.1, 0.15) is 48.0 Å². The van der Waals surface area contributed by atoms with Crippen molar-refractivity contribution in [3.63, 3.8) is 0 Å². The van der Waals surface area contributed by atoms with E-state index in [9.17, 15) is 4.79 Å². The standard InChI is InChI=1S/C31H31N3O3S/c1-21-18-25-27(32-20-23-8-7-15-34(23)31(25)35)19-28(21)37-17-6-2-5-16-36-24-13-11-22(12-14-24)30-33-26-9-3-4-10-29(26)38-30/h3-4,9-14,18-20,23H,2,5-8,15-17H2,1H3/t23-/m0/s1. The summed E-state index contributed by atoms with van der Waals surface area (Å²) in [5.74, 6) is 1.77. The fourth-order valence-electron chi connectivity index (χ4n) is 5.07. The molecule has 1 amide bonds. The lowest BCUT2D eigenvalue weighted by Crippen LogP contribution is -2.35. The van der Waals surface area contributed by atoms with Gasteiger partial charge in [0.2, 0.25) is 0 Å². The van der Waals surface area contributed by atoms with E-state index in [1.807, 2.05) is 60.5 Å². The summed E-state index contributed by atoms with van der Waals surface area (Å²) < 4.78 is 13.2. The molecule has 2 aliphatic rings. The largest absolute Gasteiger partial charge is 0.494 e. The number of amides is 1. The van der Waals surface area contributed by atoms with Crippen LogP contribution in [0, 0.1) is 6.92 Å². The Morgan fingerprint density at radius 1 is 1.00 bits per heavy atom.